The second-order valence-electron chi connectivity index (χ2n) is 8.32. The Balaban J connectivity index is 1.68. The van der Waals surface area contributed by atoms with E-state index in [1.165, 1.54) is 31.0 Å². The Morgan fingerprint density at radius 1 is 1.03 bits per heavy atom. The van der Waals surface area contributed by atoms with E-state index < -0.39 is 0 Å². The van der Waals surface area contributed by atoms with Gasteiger partial charge in [-0.15, -0.1) is 23.1 Å². The second-order valence-corrected chi connectivity index (χ2v) is 11.5. The predicted octanol–water partition coefficient (Wildman–Crippen LogP) is 4.51. The van der Waals surface area contributed by atoms with E-state index >= 15 is 0 Å². The molecular formula is C27H30N3OS3+. The minimum absolute atomic E-state index is 0.107. The van der Waals surface area contributed by atoms with Gasteiger partial charge in [0.15, 0.2) is 0 Å². The molecule has 0 spiro atoms. The molecule has 176 valence electrons. The molecule has 0 unspecified atom stereocenters. The molecule has 5 rings (SSSR count). The van der Waals surface area contributed by atoms with Gasteiger partial charge in [0.1, 0.15) is 15.9 Å². The van der Waals surface area contributed by atoms with Crippen molar-refractivity contribution >= 4 is 67.6 Å². The molecule has 2 aromatic carbocycles. The summed E-state index contributed by atoms with van der Waals surface area (Å²) in [4.78, 5) is 15.6. The van der Waals surface area contributed by atoms with Crippen LogP contribution < -0.4 is 19.3 Å². The molecule has 1 fully saturated rings. The third-order valence-electron chi connectivity index (χ3n) is 6.25. The van der Waals surface area contributed by atoms with Crippen molar-refractivity contribution in [1.82, 2.24) is 9.47 Å². The van der Waals surface area contributed by atoms with Crippen molar-refractivity contribution in [3.8, 4) is 0 Å². The van der Waals surface area contributed by atoms with Gasteiger partial charge < -0.3 is 4.90 Å². The van der Waals surface area contributed by atoms with E-state index in [0.717, 1.165) is 41.0 Å². The Morgan fingerprint density at radius 2 is 1.88 bits per heavy atom. The maximum Gasteiger partial charge on any atom is 0.269 e. The lowest BCUT2D eigenvalue weighted by Crippen LogP contribution is -2.36. The molecule has 3 heterocycles. The highest BCUT2D eigenvalue weighted by Gasteiger charge is 2.20. The van der Waals surface area contributed by atoms with Crippen molar-refractivity contribution in [3.05, 3.63) is 72.1 Å². The number of fused-ring (bicyclic) bond motifs is 3. The topological polar surface area (TPSA) is 29.1 Å². The first-order valence-electron chi connectivity index (χ1n) is 12.0. The highest BCUT2D eigenvalue weighted by Crippen LogP contribution is 2.30. The van der Waals surface area contributed by atoms with E-state index in [4.69, 9.17) is 0 Å². The maximum absolute atomic E-state index is 13.2. The summed E-state index contributed by atoms with van der Waals surface area (Å²) < 4.78 is 7.46. The van der Waals surface area contributed by atoms with Crippen LogP contribution in [0.25, 0.3) is 33.1 Å². The van der Waals surface area contributed by atoms with Crippen molar-refractivity contribution in [1.29, 1.82) is 0 Å². The summed E-state index contributed by atoms with van der Waals surface area (Å²) in [6.07, 6.45) is 7.43. The van der Waals surface area contributed by atoms with Crippen LogP contribution >= 0.6 is 34.4 Å². The molecule has 0 aliphatic carbocycles. The van der Waals surface area contributed by atoms with E-state index in [-0.39, 0.29) is 5.56 Å². The number of hydrogen-bond donors (Lipinski definition) is 0. The molecule has 1 aliphatic heterocycles. The lowest BCUT2D eigenvalue weighted by Gasteiger charge is -2.14. The molecular weight excluding hydrogens is 479 g/mol. The van der Waals surface area contributed by atoms with Gasteiger partial charge in [0.25, 0.3) is 10.6 Å². The van der Waals surface area contributed by atoms with Crippen LogP contribution in [0.3, 0.4) is 0 Å². The van der Waals surface area contributed by atoms with Crippen molar-refractivity contribution < 1.29 is 4.57 Å². The molecule has 0 N–H and O–H groups in total. The number of thioether (sulfide) groups is 1. The fourth-order valence-corrected chi connectivity index (χ4v) is 8.00. The van der Waals surface area contributed by atoms with Gasteiger partial charge >= 0.3 is 0 Å². The quantitative estimate of drug-likeness (QED) is 0.359. The lowest BCUT2D eigenvalue weighted by molar-refractivity contribution is -0.668. The van der Waals surface area contributed by atoms with E-state index in [9.17, 15) is 4.79 Å². The van der Waals surface area contributed by atoms with Crippen molar-refractivity contribution in [2.75, 3.05) is 18.8 Å². The smallest absolute Gasteiger partial charge is 0.269 e. The van der Waals surface area contributed by atoms with Crippen LogP contribution in [0.15, 0.2) is 52.3 Å². The van der Waals surface area contributed by atoms with Gasteiger partial charge in [-0.05, 0) is 37.5 Å². The van der Waals surface area contributed by atoms with Crippen LogP contribution in [0.1, 0.15) is 32.2 Å². The minimum Gasteiger partial charge on any atom is -0.366 e. The van der Waals surface area contributed by atoms with Crippen LogP contribution in [0.4, 0.5) is 0 Å². The zero-order valence-electron chi connectivity index (χ0n) is 19.9. The van der Waals surface area contributed by atoms with Crippen LogP contribution in [-0.4, -0.2) is 28.3 Å². The molecule has 4 nitrogen and oxygen atoms in total. The van der Waals surface area contributed by atoms with Gasteiger partial charge in [0, 0.05) is 43.3 Å². The average molecular weight is 509 g/mol. The predicted molar refractivity (Wildman–Crippen MR) is 149 cm³/mol. The minimum atomic E-state index is 0.107. The number of rotatable bonds is 6. The molecule has 0 amide bonds. The molecule has 1 saturated heterocycles. The van der Waals surface area contributed by atoms with Crippen LogP contribution in [0, 0.1) is 0 Å². The molecule has 0 saturated carbocycles. The summed E-state index contributed by atoms with van der Waals surface area (Å²) in [5.41, 5.74) is 1.38. The lowest BCUT2D eigenvalue weighted by atomic mass is 10.1. The SMILES string of the molecule is CCC[n+]1c(C=c2sc(=CC=C3SCCN3CC)c(=O)n2CC)sc2c3ccccc3ccc21. The van der Waals surface area contributed by atoms with Gasteiger partial charge in [0.2, 0.25) is 5.52 Å². The Labute approximate surface area is 212 Å². The summed E-state index contributed by atoms with van der Waals surface area (Å²) in [5, 5.41) is 5.03. The average Bonchev–Trinajstić information content (AvgIpc) is 3.54. The number of nitrogens with zero attached hydrogens (tertiary/aromatic N) is 3. The largest absolute Gasteiger partial charge is 0.366 e. The van der Waals surface area contributed by atoms with E-state index in [0.29, 0.717) is 6.54 Å². The molecule has 1 aliphatic rings. The number of allylic oxidation sites excluding steroid dienone is 1. The summed E-state index contributed by atoms with van der Waals surface area (Å²) in [5.74, 6) is 1.12. The molecule has 34 heavy (non-hydrogen) atoms. The van der Waals surface area contributed by atoms with Gasteiger partial charge in [-0.2, -0.15) is 4.57 Å². The number of hydrogen-bond acceptors (Lipinski definition) is 5. The monoisotopic (exact) mass is 508 g/mol. The highest BCUT2D eigenvalue weighted by molar-refractivity contribution is 8.03. The Bertz CT molecular complexity index is 1560. The number of aromatic nitrogens is 2. The first-order valence-corrected chi connectivity index (χ1v) is 14.6. The number of aryl methyl sites for hydroxylation is 1. The van der Waals surface area contributed by atoms with E-state index in [2.05, 4.69) is 78.8 Å². The zero-order valence-corrected chi connectivity index (χ0v) is 22.4. The standard InChI is InChI=1S/C27H30N3OS3/c1-4-15-30-21-12-11-19-9-7-8-10-20(19)26(21)34-25(30)18-24-29(6-3)27(31)22(33-24)13-14-23-28(5-2)16-17-32-23/h7-14,18H,4-6,15-17H2,1-3H3/q+1. The molecule has 0 atom stereocenters. The molecule has 7 heteroatoms. The van der Waals surface area contributed by atoms with Crippen LogP contribution in [0.5, 0.6) is 0 Å². The molecule has 4 aromatic rings. The summed E-state index contributed by atoms with van der Waals surface area (Å²) in [7, 11) is 0. The van der Waals surface area contributed by atoms with Gasteiger partial charge in [-0.1, -0.05) is 42.5 Å². The zero-order chi connectivity index (χ0) is 23.7. The van der Waals surface area contributed by atoms with E-state index in [1.807, 2.05) is 33.7 Å². The van der Waals surface area contributed by atoms with E-state index in [1.54, 1.807) is 11.3 Å². The second kappa shape index (κ2) is 10.1. The Kier molecular flexibility index (Phi) is 6.95. The summed E-state index contributed by atoms with van der Waals surface area (Å²) in [6, 6.07) is 13.1. The van der Waals surface area contributed by atoms with Gasteiger partial charge in [0.05, 0.1) is 15.6 Å². The molecule has 0 radical (unpaired) electrons. The number of benzene rings is 2. The first kappa shape index (κ1) is 23.4. The van der Waals surface area contributed by atoms with Crippen molar-refractivity contribution in [2.24, 2.45) is 0 Å². The van der Waals surface area contributed by atoms with Crippen LogP contribution in [0.2, 0.25) is 0 Å². The normalized spacial score (nSPS) is 16.7. The summed E-state index contributed by atoms with van der Waals surface area (Å²) in [6.45, 7) is 10.2. The Morgan fingerprint density at radius 3 is 2.68 bits per heavy atom. The van der Waals surface area contributed by atoms with Crippen LogP contribution in [-0.2, 0) is 13.1 Å². The third-order valence-corrected chi connectivity index (χ3v) is 9.59. The Hall–Kier alpha value is -2.35. The van der Waals surface area contributed by atoms with Gasteiger partial charge in [-0.25, -0.2) is 0 Å². The fraction of sp³-hybridized carbons (Fsp3) is 0.333. The third kappa shape index (κ3) is 4.25. The maximum atomic E-state index is 13.2. The number of thiazole rings is 2. The molecule has 2 aromatic heterocycles. The van der Waals surface area contributed by atoms with Crippen molar-refractivity contribution in [2.45, 2.75) is 40.3 Å². The summed E-state index contributed by atoms with van der Waals surface area (Å²) >= 11 is 5.30. The van der Waals surface area contributed by atoms with Crippen molar-refractivity contribution in [3.63, 3.8) is 0 Å². The first-order chi connectivity index (χ1) is 16.6. The molecule has 0 bridgehead atoms. The highest BCUT2D eigenvalue weighted by atomic mass is 32.2. The fourth-order valence-electron chi connectivity index (χ4n) is 4.53. The van der Waals surface area contributed by atoms with Gasteiger partial charge in [-0.3, -0.25) is 9.36 Å².